The molecule has 0 N–H and O–H groups in total. The van der Waals surface area contributed by atoms with Crippen molar-refractivity contribution in [3.8, 4) is 0 Å². The average Bonchev–Trinajstić information content (AvgIpc) is 2.30. The van der Waals surface area contributed by atoms with Crippen molar-refractivity contribution in [1.29, 1.82) is 0 Å². The van der Waals surface area contributed by atoms with E-state index >= 15 is 0 Å². The van der Waals surface area contributed by atoms with Crippen LogP contribution in [0.1, 0.15) is 20.3 Å². The molecule has 1 atom stereocenters. The monoisotopic (exact) mass is 211 g/mol. The second-order valence-corrected chi connectivity index (χ2v) is 6.38. The quantitative estimate of drug-likeness (QED) is 0.641. The molecule has 1 heterocycles. The summed E-state index contributed by atoms with van der Waals surface area (Å²) in [5.74, 6) is 0. The standard InChI is InChI=1S/C7H14ClNO2S/c1-6(2)9-4-3-7(5-9)12(8,10)11/h6-7H,3-5H2,1-2H3. The second-order valence-electron chi connectivity index (χ2n) is 3.47. The highest BCUT2D eigenvalue weighted by molar-refractivity contribution is 8.14. The molecule has 1 unspecified atom stereocenters. The first-order valence-electron chi connectivity index (χ1n) is 4.09. The Morgan fingerprint density at radius 2 is 2.08 bits per heavy atom. The summed E-state index contributed by atoms with van der Waals surface area (Å²) in [5, 5.41) is -0.360. The minimum Gasteiger partial charge on any atom is -0.300 e. The zero-order valence-electron chi connectivity index (χ0n) is 7.33. The van der Waals surface area contributed by atoms with Crippen molar-refractivity contribution in [2.45, 2.75) is 31.6 Å². The average molecular weight is 212 g/mol. The van der Waals surface area contributed by atoms with E-state index < -0.39 is 9.05 Å². The van der Waals surface area contributed by atoms with Crippen molar-refractivity contribution < 1.29 is 8.42 Å². The Morgan fingerprint density at radius 1 is 1.50 bits per heavy atom. The fourth-order valence-electron chi connectivity index (χ4n) is 1.45. The Balaban J connectivity index is 2.58. The lowest BCUT2D eigenvalue weighted by molar-refractivity contribution is 0.276. The van der Waals surface area contributed by atoms with E-state index in [2.05, 4.69) is 18.7 Å². The Kier molecular flexibility index (Phi) is 3.01. The van der Waals surface area contributed by atoms with Crippen molar-refractivity contribution in [1.82, 2.24) is 4.90 Å². The summed E-state index contributed by atoms with van der Waals surface area (Å²) < 4.78 is 21.9. The maximum absolute atomic E-state index is 10.9. The lowest BCUT2D eigenvalue weighted by atomic mass is 10.3. The third-order valence-electron chi connectivity index (χ3n) is 2.30. The Bertz CT molecular complexity index is 250. The van der Waals surface area contributed by atoms with Crippen LogP contribution in [0, 0.1) is 0 Å². The molecular weight excluding hydrogens is 198 g/mol. The van der Waals surface area contributed by atoms with E-state index in [1.54, 1.807) is 0 Å². The SMILES string of the molecule is CC(C)N1CCC(S(=O)(=O)Cl)C1. The van der Waals surface area contributed by atoms with Crippen molar-refractivity contribution >= 4 is 19.7 Å². The topological polar surface area (TPSA) is 37.4 Å². The Hall–Kier alpha value is 0.200. The van der Waals surface area contributed by atoms with Crippen LogP contribution in [0.4, 0.5) is 0 Å². The minimum atomic E-state index is -3.34. The van der Waals surface area contributed by atoms with Crippen LogP contribution in [-0.2, 0) is 9.05 Å². The molecule has 1 aliphatic rings. The zero-order valence-corrected chi connectivity index (χ0v) is 8.90. The van der Waals surface area contributed by atoms with E-state index in [1.807, 2.05) is 0 Å². The first-order chi connectivity index (χ1) is 5.41. The van der Waals surface area contributed by atoms with E-state index in [0.717, 1.165) is 6.54 Å². The van der Waals surface area contributed by atoms with Gasteiger partial charge in [-0.3, -0.25) is 4.90 Å². The lowest BCUT2D eigenvalue weighted by Gasteiger charge is -2.19. The highest BCUT2D eigenvalue weighted by Gasteiger charge is 2.32. The van der Waals surface area contributed by atoms with Crippen LogP contribution in [0.2, 0.25) is 0 Å². The summed E-state index contributed by atoms with van der Waals surface area (Å²) in [6.45, 7) is 5.55. The predicted molar refractivity (Wildman–Crippen MR) is 49.9 cm³/mol. The van der Waals surface area contributed by atoms with Gasteiger partial charge >= 0.3 is 0 Å². The maximum atomic E-state index is 10.9. The van der Waals surface area contributed by atoms with Crippen molar-refractivity contribution in [3.63, 3.8) is 0 Å². The zero-order chi connectivity index (χ0) is 9.35. The van der Waals surface area contributed by atoms with Gasteiger partial charge in [0.15, 0.2) is 0 Å². The molecule has 5 heteroatoms. The van der Waals surface area contributed by atoms with Crippen LogP contribution >= 0.6 is 10.7 Å². The Labute approximate surface area is 78.1 Å². The maximum Gasteiger partial charge on any atom is 0.236 e. The second kappa shape index (κ2) is 3.52. The van der Waals surface area contributed by atoms with Gasteiger partial charge in [-0.05, 0) is 26.8 Å². The minimum absolute atomic E-state index is 0.360. The Morgan fingerprint density at radius 3 is 2.33 bits per heavy atom. The summed E-state index contributed by atoms with van der Waals surface area (Å²) in [6.07, 6.45) is 0.671. The van der Waals surface area contributed by atoms with Gasteiger partial charge in [0, 0.05) is 23.3 Å². The van der Waals surface area contributed by atoms with Crippen LogP contribution in [0.25, 0.3) is 0 Å². The number of hydrogen-bond acceptors (Lipinski definition) is 3. The van der Waals surface area contributed by atoms with Gasteiger partial charge in [0.05, 0.1) is 5.25 Å². The fraction of sp³-hybridized carbons (Fsp3) is 1.00. The predicted octanol–water partition coefficient (Wildman–Crippen LogP) is 1.04. The molecule has 0 aromatic heterocycles. The smallest absolute Gasteiger partial charge is 0.236 e. The molecule has 0 saturated carbocycles. The van der Waals surface area contributed by atoms with Crippen LogP contribution in [-0.4, -0.2) is 37.7 Å². The normalized spacial score (nSPS) is 26.8. The summed E-state index contributed by atoms with van der Waals surface area (Å²) in [5.41, 5.74) is 0. The van der Waals surface area contributed by atoms with E-state index in [-0.39, 0.29) is 5.25 Å². The number of nitrogens with zero attached hydrogens (tertiary/aromatic N) is 1. The van der Waals surface area contributed by atoms with Gasteiger partial charge in [0.25, 0.3) is 0 Å². The summed E-state index contributed by atoms with van der Waals surface area (Å²) in [6, 6.07) is 0.411. The van der Waals surface area contributed by atoms with E-state index in [1.165, 1.54) is 0 Å². The van der Waals surface area contributed by atoms with Gasteiger partial charge < -0.3 is 0 Å². The van der Waals surface area contributed by atoms with Crippen molar-refractivity contribution in [3.05, 3.63) is 0 Å². The van der Waals surface area contributed by atoms with Crippen molar-refractivity contribution in [2.24, 2.45) is 0 Å². The number of halogens is 1. The number of hydrogen-bond donors (Lipinski definition) is 0. The molecule has 72 valence electrons. The lowest BCUT2D eigenvalue weighted by Crippen LogP contribution is -2.30. The largest absolute Gasteiger partial charge is 0.300 e. The highest BCUT2D eigenvalue weighted by Crippen LogP contribution is 2.21. The van der Waals surface area contributed by atoms with Crippen molar-refractivity contribution in [2.75, 3.05) is 13.1 Å². The molecule has 0 amide bonds. The van der Waals surface area contributed by atoms with Gasteiger partial charge in [-0.2, -0.15) is 0 Å². The first-order valence-corrected chi connectivity index (χ1v) is 6.46. The van der Waals surface area contributed by atoms with E-state index in [4.69, 9.17) is 10.7 Å². The molecule has 0 spiro atoms. The molecule has 1 rings (SSSR count). The van der Waals surface area contributed by atoms with Gasteiger partial charge in [-0.1, -0.05) is 0 Å². The fourth-order valence-corrected chi connectivity index (χ4v) is 2.65. The molecule has 0 bridgehead atoms. The van der Waals surface area contributed by atoms with Crippen LogP contribution in [0.15, 0.2) is 0 Å². The number of likely N-dealkylation sites (tertiary alicyclic amines) is 1. The molecule has 3 nitrogen and oxygen atoms in total. The summed E-state index contributed by atoms with van der Waals surface area (Å²) >= 11 is 0. The van der Waals surface area contributed by atoms with Gasteiger partial charge in [0.1, 0.15) is 0 Å². The van der Waals surface area contributed by atoms with Crippen LogP contribution in [0.3, 0.4) is 0 Å². The molecule has 1 saturated heterocycles. The molecule has 0 aromatic carbocycles. The molecule has 1 aliphatic heterocycles. The molecule has 0 aromatic rings. The molecule has 0 aliphatic carbocycles. The molecular formula is C7H14ClNO2S. The molecule has 12 heavy (non-hydrogen) atoms. The van der Waals surface area contributed by atoms with E-state index in [9.17, 15) is 8.42 Å². The number of rotatable bonds is 2. The third-order valence-corrected chi connectivity index (χ3v) is 4.24. The van der Waals surface area contributed by atoms with E-state index in [0.29, 0.717) is 19.0 Å². The molecule has 0 radical (unpaired) electrons. The summed E-state index contributed by atoms with van der Waals surface area (Å²) in [4.78, 5) is 2.13. The molecule has 1 fully saturated rings. The third kappa shape index (κ3) is 2.34. The van der Waals surface area contributed by atoms with Gasteiger partial charge in [-0.15, -0.1) is 0 Å². The van der Waals surface area contributed by atoms with Gasteiger partial charge in [0.2, 0.25) is 9.05 Å². The first kappa shape index (κ1) is 10.3. The van der Waals surface area contributed by atoms with Crippen LogP contribution < -0.4 is 0 Å². The van der Waals surface area contributed by atoms with Gasteiger partial charge in [-0.25, -0.2) is 8.42 Å². The van der Waals surface area contributed by atoms with Crippen LogP contribution in [0.5, 0.6) is 0 Å². The highest BCUT2D eigenvalue weighted by atomic mass is 35.7. The summed E-state index contributed by atoms with van der Waals surface area (Å²) in [7, 11) is 1.92.